The van der Waals surface area contributed by atoms with Crippen molar-refractivity contribution in [1.29, 1.82) is 0 Å². The lowest BCUT2D eigenvalue weighted by Gasteiger charge is -2.07. The van der Waals surface area contributed by atoms with Gasteiger partial charge in [0.1, 0.15) is 0 Å². The molecule has 3 heteroatoms. The smallest absolute Gasteiger partial charge is 0.220 e. The van der Waals surface area contributed by atoms with E-state index in [0.29, 0.717) is 32.1 Å². The monoisotopic (exact) mass is 199 g/mol. The zero-order chi connectivity index (χ0) is 11.0. The average Bonchev–Trinajstić information content (AvgIpc) is 2.01. The summed E-state index contributed by atoms with van der Waals surface area (Å²) in [5.74, 6) is 0.505. The Hall–Kier alpha value is -0.830. The third-order valence-corrected chi connectivity index (χ3v) is 1.51. The van der Waals surface area contributed by atoms with E-state index in [1.807, 2.05) is 20.8 Å². The Morgan fingerprint density at radius 1 is 1.50 bits per heavy atom. The molecular weight excluding hydrogens is 178 g/mol. The van der Waals surface area contributed by atoms with Gasteiger partial charge in [-0.1, -0.05) is 26.0 Å². The maximum atomic E-state index is 11.2. The van der Waals surface area contributed by atoms with Crippen LogP contribution >= 0.6 is 0 Å². The van der Waals surface area contributed by atoms with E-state index in [1.165, 1.54) is 0 Å². The standard InChI is InChI=1S/C11H21NO2/c1-9(2)7-11(13)12-5-6-14-8-10(3)4/h9H,3,5-8H2,1-2,4H3,(H,12,13). The first-order valence-electron chi connectivity index (χ1n) is 5.01. The summed E-state index contributed by atoms with van der Waals surface area (Å²) >= 11 is 0. The van der Waals surface area contributed by atoms with Crippen molar-refractivity contribution in [3.63, 3.8) is 0 Å². The van der Waals surface area contributed by atoms with Crippen LogP contribution in [0.25, 0.3) is 0 Å². The van der Waals surface area contributed by atoms with Gasteiger partial charge >= 0.3 is 0 Å². The van der Waals surface area contributed by atoms with Crippen molar-refractivity contribution < 1.29 is 9.53 Å². The quantitative estimate of drug-likeness (QED) is 0.501. The molecule has 3 nitrogen and oxygen atoms in total. The van der Waals surface area contributed by atoms with Gasteiger partial charge in [-0.15, -0.1) is 0 Å². The summed E-state index contributed by atoms with van der Waals surface area (Å²) in [5, 5.41) is 2.79. The molecule has 0 atom stereocenters. The normalized spacial score (nSPS) is 10.3. The van der Waals surface area contributed by atoms with E-state index in [2.05, 4.69) is 11.9 Å². The number of rotatable bonds is 7. The molecule has 0 aromatic heterocycles. The fraction of sp³-hybridized carbons (Fsp3) is 0.727. The number of carbonyl (C=O) groups excluding carboxylic acids is 1. The van der Waals surface area contributed by atoms with Crippen LogP contribution < -0.4 is 5.32 Å². The Morgan fingerprint density at radius 3 is 2.64 bits per heavy atom. The van der Waals surface area contributed by atoms with Crippen LogP contribution in [0.5, 0.6) is 0 Å². The zero-order valence-electron chi connectivity index (χ0n) is 9.43. The first kappa shape index (κ1) is 13.2. The minimum Gasteiger partial charge on any atom is -0.375 e. The van der Waals surface area contributed by atoms with Crippen LogP contribution in [0.2, 0.25) is 0 Å². The second-order valence-corrected chi connectivity index (χ2v) is 3.96. The number of ether oxygens (including phenoxy) is 1. The van der Waals surface area contributed by atoms with Crippen LogP contribution in [0.3, 0.4) is 0 Å². The number of carbonyl (C=O) groups is 1. The van der Waals surface area contributed by atoms with Gasteiger partial charge in [-0.25, -0.2) is 0 Å². The van der Waals surface area contributed by atoms with Gasteiger partial charge in [-0.3, -0.25) is 4.79 Å². The minimum absolute atomic E-state index is 0.0962. The molecule has 0 aliphatic rings. The Balaban J connectivity index is 3.27. The van der Waals surface area contributed by atoms with E-state index in [1.54, 1.807) is 0 Å². The summed E-state index contributed by atoms with van der Waals surface area (Å²) in [6.45, 7) is 11.4. The molecule has 0 radical (unpaired) electrons. The van der Waals surface area contributed by atoms with E-state index in [0.717, 1.165) is 5.57 Å². The lowest BCUT2D eigenvalue weighted by atomic mass is 10.1. The van der Waals surface area contributed by atoms with Gasteiger partial charge in [0.25, 0.3) is 0 Å². The van der Waals surface area contributed by atoms with Crippen LogP contribution in [0.15, 0.2) is 12.2 Å². The summed E-state index contributed by atoms with van der Waals surface area (Å²) < 4.78 is 5.24. The molecule has 0 aliphatic carbocycles. The van der Waals surface area contributed by atoms with E-state index >= 15 is 0 Å². The largest absolute Gasteiger partial charge is 0.375 e. The SMILES string of the molecule is C=C(C)COCCNC(=O)CC(C)C. The molecule has 14 heavy (non-hydrogen) atoms. The van der Waals surface area contributed by atoms with E-state index in [9.17, 15) is 4.79 Å². The highest BCUT2D eigenvalue weighted by molar-refractivity contribution is 5.75. The lowest BCUT2D eigenvalue weighted by Crippen LogP contribution is -2.28. The van der Waals surface area contributed by atoms with Gasteiger partial charge < -0.3 is 10.1 Å². The summed E-state index contributed by atoms with van der Waals surface area (Å²) in [6.07, 6.45) is 0.584. The number of hydrogen-bond donors (Lipinski definition) is 1. The molecule has 0 aliphatic heterocycles. The van der Waals surface area contributed by atoms with Crippen molar-refractivity contribution in [2.24, 2.45) is 5.92 Å². The molecule has 82 valence electrons. The molecule has 0 aromatic rings. The summed E-state index contributed by atoms with van der Waals surface area (Å²) in [7, 11) is 0. The van der Waals surface area contributed by atoms with Crippen molar-refractivity contribution in [2.75, 3.05) is 19.8 Å². The number of hydrogen-bond acceptors (Lipinski definition) is 2. The molecule has 0 aromatic carbocycles. The van der Waals surface area contributed by atoms with E-state index in [-0.39, 0.29) is 5.91 Å². The maximum absolute atomic E-state index is 11.2. The summed E-state index contributed by atoms with van der Waals surface area (Å²) in [4.78, 5) is 11.2. The van der Waals surface area contributed by atoms with Gasteiger partial charge in [0.2, 0.25) is 5.91 Å². The first-order chi connectivity index (χ1) is 6.52. The average molecular weight is 199 g/mol. The fourth-order valence-corrected chi connectivity index (χ4v) is 0.952. The highest BCUT2D eigenvalue weighted by Gasteiger charge is 2.02. The van der Waals surface area contributed by atoms with Gasteiger partial charge in [0, 0.05) is 13.0 Å². The zero-order valence-corrected chi connectivity index (χ0v) is 9.43. The summed E-state index contributed by atoms with van der Waals surface area (Å²) in [5.41, 5.74) is 0.999. The molecule has 0 rings (SSSR count). The molecule has 1 amide bonds. The van der Waals surface area contributed by atoms with Crippen molar-refractivity contribution >= 4 is 5.91 Å². The second kappa shape index (κ2) is 7.56. The van der Waals surface area contributed by atoms with Crippen molar-refractivity contribution in [1.82, 2.24) is 5.32 Å². The highest BCUT2D eigenvalue weighted by atomic mass is 16.5. The van der Waals surface area contributed by atoms with Crippen LogP contribution in [-0.2, 0) is 9.53 Å². The van der Waals surface area contributed by atoms with Gasteiger partial charge in [-0.05, 0) is 12.8 Å². The van der Waals surface area contributed by atoms with Crippen LogP contribution in [-0.4, -0.2) is 25.7 Å². The molecule has 0 heterocycles. The fourth-order valence-electron chi connectivity index (χ4n) is 0.952. The molecule has 0 saturated carbocycles. The molecule has 0 saturated heterocycles. The molecule has 0 unspecified atom stereocenters. The first-order valence-corrected chi connectivity index (χ1v) is 5.01. The van der Waals surface area contributed by atoms with Crippen molar-refractivity contribution in [3.8, 4) is 0 Å². The van der Waals surface area contributed by atoms with Gasteiger partial charge in [0.05, 0.1) is 13.2 Å². The predicted octanol–water partition coefficient (Wildman–Crippen LogP) is 1.74. The van der Waals surface area contributed by atoms with E-state index in [4.69, 9.17) is 4.74 Å². The highest BCUT2D eigenvalue weighted by Crippen LogP contribution is 1.97. The third-order valence-electron chi connectivity index (χ3n) is 1.51. The molecular formula is C11H21NO2. The maximum Gasteiger partial charge on any atom is 0.220 e. The lowest BCUT2D eigenvalue weighted by molar-refractivity contribution is -0.122. The molecule has 0 bridgehead atoms. The Bertz CT molecular complexity index is 188. The van der Waals surface area contributed by atoms with Crippen LogP contribution in [0.1, 0.15) is 27.2 Å². The van der Waals surface area contributed by atoms with E-state index < -0.39 is 0 Å². The molecule has 0 spiro atoms. The van der Waals surface area contributed by atoms with Crippen molar-refractivity contribution in [3.05, 3.63) is 12.2 Å². The minimum atomic E-state index is 0.0962. The third kappa shape index (κ3) is 9.26. The van der Waals surface area contributed by atoms with Crippen LogP contribution in [0, 0.1) is 5.92 Å². The molecule has 1 N–H and O–H groups in total. The second-order valence-electron chi connectivity index (χ2n) is 3.96. The van der Waals surface area contributed by atoms with Crippen LogP contribution in [0.4, 0.5) is 0 Å². The predicted molar refractivity (Wildman–Crippen MR) is 58.1 cm³/mol. The Kier molecular flexibility index (Phi) is 7.11. The Morgan fingerprint density at radius 2 is 2.14 bits per heavy atom. The van der Waals surface area contributed by atoms with Crippen molar-refractivity contribution in [2.45, 2.75) is 27.2 Å². The topological polar surface area (TPSA) is 38.3 Å². The molecule has 0 fully saturated rings. The number of amides is 1. The van der Waals surface area contributed by atoms with Gasteiger partial charge in [0.15, 0.2) is 0 Å². The van der Waals surface area contributed by atoms with Gasteiger partial charge in [-0.2, -0.15) is 0 Å². The number of nitrogens with one attached hydrogen (secondary N) is 1. The Labute approximate surface area is 86.5 Å². The summed E-state index contributed by atoms with van der Waals surface area (Å²) in [6, 6.07) is 0.